The lowest BCUT2D eigenvalue weighted by molar-refractivity contribution is 0.0697. The van der Waals surface area contributed by atoms with Gasteiger partial charge in [0.2, 0.25) is 0 Å². The van der Waals surface area contributed by atoms with E-state index in [9.17, 15) is 4.79 Å². The average Bonchev–Trinajstić information content (AvgIpc) is 2.19. The Morgan fingerprint density at radius 3 is 2.75 bits per heavy atom. The number of anilines is 1. The molecule has 1 aromatic carbocycles. The molecule has 0 fully saturated rings. The summed E-state index contributed by atoms with van der Waals surface area (Å²) < 4.78 is 5.44. The van der Waals surface area contributed by atoms with Gasteiger partial charge in [0.25, 0.3) is 0 Å². The van der Waals surface area contributed by atoms with Gasteiger partial charge in [-0.05, 0) is 30.5 Å². The SMILES string of the molecule is CC(C)CCOc1ccc(N)c(C(=O)O)c1. The minimum atomic E-state index is -1.04. The summed E-state index contributed by atoms with van der Waals surface area (Å²) in [6.07, 6.45) is 0.937. The Morgan fingerprint density at radius 1 is 1.50 bits per heavy atom. The molecule has 0 radical (unpaired) electrons. The first kappa shape index (κ1) is 12.4. The van der Waals surface area contributed by atoms with Gasteiger partial charge in [-0.3, -0.25) is 0 Å². The van der Waals surface area contributed by atoms with Crippen LogP contribution in [-0.2, 0) is 0 Å². The Hall–Kier alpha value is -1.71. The Labute approximate surface area is 95.0 Å². The first-order valence-corrected chi connectivity index (χ1v) is 5.26. The maximum Gasteiger partial charge on any atom is 0.337 e. The molecule has 0 unspecified atom stereocenters. The van der Waals surface area contributed by atoms with Gasteiger partial charge in [-0.15, -0.1) is 0 Å². The molecule has 0 amide bonds. The largest absolute Gasteiger partial charge is 0.494 e. The van der Waals surface area contributed by atoms with Gasteiger partial charge in [0, 0.05) is 5.69 Å². The Bertz CT molecular complexity index is 375. The van der Waals surface area contributed by atoms with Gasteiger partial charge in [-0.2, -0.15) is 0 Å². The predicted octanol–water partition coefficient (Wildman–Crippen LogP) is 2.39. The molecule has 0 aliphatic rings. The number of ether oxygens (including phenoxy) is 1. The van der Waals surface area contributed by atoms with Crippen molar-refractivity contribution in [3.63, 3.8) is 0 Å². The van der Waals surface area contributed by atoms with Gasteiger partial charge in [-0.25, -0.2) is 4.79 Å². The molecule has 88 valence electrons. The van der Waals surface area contributed by atoms with Crippen molar-refractivity contribution in [2.24, 2.45) is 5.92 Å². The van der Waals surface area contributed by atoms with Crippen LogP contribution in [0.15, 0.2) is 18.2 Å². The highest BCUT2D eigenvalue weighted by Gasteiger charge is 2.09. The number of carboxylic acids is 1. The lowest BCUT2D eigenvalue weighted by Crippen LogP contribution is -2.05. The fraction of sp³-hybridized carbons (Fsp3) is 0.417. The van der Waals surface area contributed by atoms with E-state index >= 15 is 0 Å². The number of carboxylic acid groups (broad SMARTS) is 1. The summed E-state index contributed by atoms with van der Waals surface area (Å²) >= 11 is 0. The minimum Gasteiger partial charge on any atom is -0.494 e. The third-order valence-corrected chi connectivity index (χ3v) is 2.22. The molecule has 1 aromatic rings. The average molecular weight is 223 g/mol. The van der Waals surface area contributed by atoms with Crippen molar-refractivity contribution in [3.05, 3.63) is 23.8 Å². The summed E-state index contributed by atoms with van der Waals surface area (Å²) in [7, 11) is 0. The number of carbonyl (C=O) groups is 1. The molecule has 0 aliphatic heterocycles. The zero-order valence-electron chi connectivity index (χ0n) is 9.56. The van der Waals surface area contributed by atoms with Crippen LogP contribution in [0.1, 0.15) is 30.6 Å². The van der Waals surface area contributed by atoms with E-state index < -0.39 is 5.97 Å². The zero-order valence-corrected chi connectivity index (χ0v) is 9.56. The number of hydrogen-bond acceptors (Lipinski definition) is 3. The highest BCUT2D eigenvalue weighted by molar-refractivity contribution is 5.94. The van der Waals surface area contributed by atoms with Gasteiger partial charge < -0.3 is 15.6 Å². The Balaban J connectivity index is 2.68. The van der Waals surface area contributed by atoms with Crippen molar-refractivity contribution >= 4 is 11.7 Å². The number of nitrogens with two attached hydrogens (primary N) is 1. The second-order valence-corrected chi connectivity index (χ2v) is 4.09. The molecule has 0 saturated carbocycles. The molecule has 1 rings (SSSR count). The van der Waals surface area contributed by atoms with E-state index in [1.807, 2.05) is 0 Å². The van der Waals surface area contributed by atoms with Crippen LogP contribution in [0.5, 0.6) is 5.75 Å². The molecule has 0 aromatic heterocycles. The van der Waals surface area contributed by atoms with Crippen LogP contribution < -0.4 is 10.5 Å². The van der Waals surface area contributed by atoms with Gasteiger partial charge in [-0.1, -0.05) is 13.8 Å². The first-order valence-electron chi connectivity index (χ1n) is 5.26. The number of benzene rings is 1. The van der Waals surface area contributed by atoms with Gasteiger partial charge >= 0.3 is 5.97 Å². The van der Waals surface area contributed by atoms with Crippen LogP contribution in [0.2, 0.25) is 0 Å². The quantitative estimate of drug-likeness (QED) is 0.752. The minimum absolute atomic E-state index is 0.0852. The number of nitrogen functional groups attached to an aromatic ring is 1. The molecular formula is C12H17NO3. The third kappa shape index (κ3) is 3.46. The Morgan fingerprint density at radius 2 is 2.19 bits per heavy atom. The van der Waals surface area contributed by atoms with Crippen molar-refractivity contribution < 1.29 is 14.6 Å². The van der Waals surface area contributed by atoms with E-state index in [0.717, 1.165) is 6.42 Å². The van der Waals surface area contributed by atoms with Crippen LogP contribution in [0, 0.1) is 5.92 Å². The summed E-state index contributed by atoms with van der Waals surface area (Å²) in [4.78, 5) is 10.8. The van der Waals surface area contributed by atoms with Gasteiger partial charge in [0.15, 0.2) is 0 Å². The maximum atomic E-state index is 10.8. The number of hydrogen-bond donors (Lipinski definition) is 2. The summed E-state index contributed by atoms with van der Waals surface area (Å²) in [5, 5.41) is 8.87. The fourth-order valence-corrected chi connectivity index (χ4v) is 1.22. The van der Waals surface area contributed by atoms with Crippen molar-refractivity contribution in [1.82, 2.24) is 0 Å². The van der Waals surface area contributed by atoms with Gasteiger partial charge in [0.1, 0.15) is 5.75 Å². The lowest BCUT2D eigenvalue weighted by atomic mass is 10.1. The summed E-state index contributed by atoms with van der Waals surface area (Å²) in [6, 6.07) is 4.69. The molecule has 0 heterocycles. The highest BCUT2D eigenvalue weighted by Crippen LogP contribution is 2.20. The van der Waals surface area contributed by atoms with E-state index in [1.165, 1.54) is 6.07 Å². The molecule has 4 heteroatoms. The smallest absolute Gasteiger partial charge is 0.337 e. The molecular weight excluding hydrogens is 206 g/mol. The van der Waals surface area contributed by atoms with Crippen LogP contribution in [0.4, 0.5) is 5.69 Å². The summed E-state index contributed by atoms with van der Waals surface area (Å²) in [5.74, 6) is 0.0757. The molecule has 0 aliphatic carbocycles. The van der Waals surface area contributed by atoms with E-state index in [0.29, 0.717) is 18.3 Å². The van der Waals surface area contributed by atoms with Crippen molar-refractivity contribution in [3.8, 4) is 5.75 Å². The molecule has 0 bridgehead atoms. The molecule has 0 atom stereocenters. The molecule has 0 spiro atoms. The van der Waals surface area contributed by atoms with E-state index in [1.54, 1.807) is 12.1 Å². The Kier molecular flexibility index (Phi) is 4.17. The van der Waals surface area contributed by atoms with E-state index in [2.05, 4.69) is 13.8 Å². The molecule has 16 heavy (non-hydrogen) atoms. The van der Waals surface area contributed by atoms with Crippen molar-refractivity contribution in [2.45, 2.75) is 20.3 Å². The fourth-order valence-electron chi connectivity index (χ4n) is 1.22. The third-order valence-electron chi connectivity index (χ3n) is 2.22. The van der Waals surface area contributed by atoms with Crippen LogP contribution in [0.25, 0.3) is 0 Å². The maximum absolute atomic E-state index is 10.8. The highest BCUT2D eigenvalue weighted by atomic mass is 16.5. The van der Waals surface area contributed by atoms with Crippen LogP contribution in [0.3, 0.4) is 0 Å². The van der Waals surface area contributed by atoms with Crippen LogP contribution in [-0.4, -0.2) is 17.7 Å². The molecule has 0 saturated heterocycles. The monoisotopic (exact) mass is 223 g/mol. The lowest BCUT2D eigenvalue weighted by Gasteiger charge is -2.09. The van der Waals surface area contributed by atoms with Crippen molar-refractivity contribution in [2.75, 3.05) is 12.3 Å². The summed E-state index contributed by atoms with van der Waals surface area (Å²) in [5.41, 5.74) is 5.87. The predicted molar refractivity (Wildman–Crippen MR) is 62.8 cm³/mol. The molecule has 3 N–H and O–H groups in total. The number of aromatic carboxylic acids is 1. The standard InChI is InChI=1S/C12H17NO3/c1-8(2)5-6-16-9-3-4-11(13)10(7-9)12(14)15/h3-4,7-8H,5-6,13H2,1-2H3,(H,14,15). The second kappa shape index (κ2) is 5.39. The van der Waals surface area contributed by atoms with Crippen LogP contribution >= 0.6 is 0 Å². The second-order valence-electron chi connectivity index (χ2n) is 4.09. The zero-order chi connectivity index (χ0) is 12.1. The number of rotatable bonds is 5. The normalized spacial score (nSPS) is 10.4. The molecule has 4 nitrogen and oxygen atoms in total. The van der Waals surface area contributed by atoms with E-state index in [4.69, 9.17) is 15.6 Å². The van der Waals surface area contributed by atoms with E-state index in [-0.39, 0.29) is 11.3 Å². The summed E-state index contributed by atoms with van der Waals surface area (Å²) in [6.45, 7) is 4.80. The first-order chi connectivity index (χ1) is 7.50. The van der Waals surface area contributed by atoms with Gasteiger partial charge in [0.05, 0.1) is 12.2 Å². The van der Waals surface area contributed by atoms with Crippen molar-refractivity contribution in [1.29, 1.82) is 0 Å². The topological polar surface area (TPSA) is 72.5 Å².